The summed E-state index contributed by atoms with van der Waals surface area (Å²) >= 11 is 1.62. The summed E-state index contributed by atoms with van der Waals surface area (Å²) in [5, 5.41) is 38.6. The second kappa shape index (κ2) is 11.4. The van der Waals surface area contributed by atoms with Gasteiger partial charge in [-0.25, -0.2) is 4.98 Å². The number of amides is 1. The van der Waals surface area contributed by atoms with E-state index in [1.807, 2.05) is 25.1 Å². The molecule has 7 nitrogen and oxygen atoms in total. The van der Waals surface area contributed by atoms with Crippen molar-refractivity contribution in [2.75, 3.05) is 18.5 Å². The van der Waals surface area contributed by atoms with Crippen molar-refractivity contribution in [2.24, 2.45) is 22.7 Å². The van der Waals surface area contributed by atoms with Gasteiger partial charge in [-0.05, 0) is 48.5 Å². The van der Waals surface area contributed by atoms with Gasteiger partial charge in [-0.15, -0.1) is 11.3 Å². The van der Waals surface area contributed by atoms with Crippen LogP contribution in [0.15, 0.2) is 30.3 Å². The summed E-state index contributed by atoms with van der Waals surface area (Å²) in [6.45, 7) is 8.85. The van der Waals surface area contributed by atoms with Crippen LogP contribution < -0.4 is 10.6 Å². The first-order valence-corrected chi connectivity index (χ1v) is 14.4. The van der Waals surface area contributed by atoms with Gasteiger partial charge >= 0.3 is 0 Å². The van der Waals surface area contributed by atoms with E-state index in [2.05, 4.69) is 43.5 Å². The van der Waals surface area contributed by atoms with E-state index in [1.54, 1.807) is 11.3 Å². The monoisotopic (exact) mass is 529 g/mol. The van der Waals surface area contributed by atoms with Crippen molar-refractivity contribution < 1.29 is 20.1 Å². The Kier molecular flexibility index (Phi) is 8.63. The minimum Gasteiger partial charge on any atom is -0.396 e. The average molecular weight is 530 g/mol. The van der Waals surface area contributed by atoms with Gasteiger partial charge in [0.05, 0.1) is 31.1 Å². The highest BCUT2D eigenvalue weighted by Crippen LogP contribution is 2.62. The number of nitrogens with zero attached hydrogens (tertiary/aromatic N) is 1. The number of fused-ring (bicyclic) bond motifs is 2. The first-order chi connectivity index (χ1) is 17.6. The third-order valence-electron chi connectivity index (χ3n) is 8.91. The second-order valence-electron chi connectivity index (χ2n) is 12.0. The fourth-order valence-corrected chi connectivity index (χ4v) is 7.78. The number of aliphatic hydroxyl groups is 3. The van der Waals surface area contributed by atoms with E-state index in [0.29, 0.717) is 18.9 Å². The van der Waals surface area contributed by atoms with Gasteiger partial charge in [0.2, 0.25) is 5.91 Å². The fourth-order valence-electron chi connectivity index (χ4n) is 6.72. The molecule has 4 rings (SSSR count). The van der Waals surface area contributed by atoms with Crippen LogP contribution in [0.25, 0.3) is 0 Å². The first kappa shape index (κ1) is 28.0. The lowest BCUT2D eigenvalue weighted by atomic mass is 9.47. The van der Waals surface area contributed by atoms with Gasteiger partial charge in [-0.2, -0.15) is 0 Å². The molecule has 204 valence electrons. The molecule has 6 atom stereocenters. The Bertz CT molecular complexity index is 1060. The van der Waals surface area contributed by atoms with Crippen LogP contribution >= 0.6 is 11.3 Å². The Morgan fingerprint density at radius 3 is 2.59 bits per heavy atom. The second-order valence-corrected chi connectivity index (χ2v) is 13.1. The molecule has 1 amide bonds. The molecule has 0 aliphatic heterocycles. The number of nitrogens with one attached hydrogen (secondary N) is 2. The average Bonchev–Trinajstić information content (AvgIpc) is 3.29. The minimum absolute atomic E-state index is 0.0192. The number of aliphatic hydroxyl groups excluding tert-OH is 3. The van der Waals surface area contributed by atoms with Gasteiger partial charge in [-0.3, -0.25) is 4.79 Å². The summed E-state index contributed by atoms with van der Waals surface area (Å²) in [7, 11) is 0. The van der Waals surface area contributed by atoms with Crippen LogP contribution in [0.5, 0.6) is 0 Å². The van der Waals surface area contributed by atoms with Crippen molar-refractivity contribution in [3.05, 3.63) is 46.5 Å². The van der Waals surface area contributed by atoms with E-state index >= 15 is 0 Å². The van der Waals surface area contributed by atoms with E-state index in [0.717, 1.165) is 35.0 Å². The maximum Gasteiger partial charge on any atom is 0.220 e. The molecule has 1 saturated carbocycles. The molecule has 0 saturated heterocycles. The number of aromatic nitrogens is 1. The number of anilines is 1. The standard InChI is InChI=1S/C29H43N3O4S/c1-18(2)12-20(16-33)31-25(36)13-21-26-22(37-27(32-26)30-15-19-8-6-5-7-9-19)14-23-28(21,3)11-10-24(35)29(23,4)17-34/h5-9,18,20-21,23-24,33-35H,10-17H2,1-4H3,(H,30,32)(H,31,36). The number of carbonyl (C=O) groups excluding carboxylic acids is 1. The third-order valence-corrected chi connectivity index (χ3v) is 9.96. The zero-order chi connectivity index (χ0) is 26.8. The van der Waals surface area contributed by atoms with Gasteiger partial charge in [0.25, 0.3) is 0 Å². The maximum atomic E-state index is 13.3. The number of thiazole rings is 1. The Balaban J connectivity index is 1.64. The van der Waals surface area contributed by atoms with Gasteiger partial charge in [0.15, 0.2) is 5.13 Å². The van der Waals surface area contributed by atoms with Crippen LogP contribution in [0.1, 0.15) is 75.4 Å². The SMILES string of the molecule is CC(C)CC(CO)NC(=O)CC1c2nc(NCc3ccccc3)sc2CC2C(C)(CO)C(O)CCC12C. The summed E-state index contributed by atoms with van der Waals surface area (Å²) < 4.78 is 0. The molecule has 0 radical (unpaired) electrons. The topological polar surface area (TPSA) is 115 Å². The molecule has 37 heavy (non-hydrogen) atoms. The minimum atomic E-state index is -0.647. The van der Waals surface area contributed by atoms with Crippen molar-refractivity contribution in [1.82, 2.24) is 10.3 Å². The van der Waals surface area contributed by atoms with Crippen molar-refractivity contribution in [1.29, 1.82) is 0 Å². The Hall–Kier alpha value is -2.00. The maximum absolute atomic E-state index is 13.3. The van der Waals surface area contributed by atoms with Crippen LogP contribution in [0, 0.1) is 22.7 Å². The highest BCUT2D eigenvalue weighted by molar-refractivity contribution is 7.15. The van der Waals surface area contributed by atoms with Crippen molar-refractivity contribution >= 4 is 22.4 Å². The molecule has 1 aromatic carbocycles. The van der Waals surface area contributed by atoms with Gasteiger partial charge in [0.1, 0.15) is 0 Å². The molecule has 6 unspecified atom stereocenters. The summed E-state index contributed by atoms with van der Waals surface area (Å²) in [6, 6.07) is 9.92. The lowest BCUT2D eigenvalue weighted by Crippen LogP contribution is -2.58. The number of hydrogen-bond acceptors (Lipinski definition) is 7. The Morgan fingerprint density at radius 2 is 1.95 bits per heavy atom. The molecule has 0 spiro atoms. The van der Waals surface area contributed by atoms with Gasteiger partial charge in [-0.1, -0.05) is 58.0 Å². The third kappa shape index (κ3) is 5.72. The molecule has 2 aromatic rings. The molecule has 1 aromatic heterocycles. The lowest BCUT2D eigenvalue weighted by Gasteiger charge is -2.58. The first-order valence-electron chi connectivity index (χ1n) is 13.6. The highest BCUT2D eigenvalue weighted by atomic mass is 32.1. The van der Waals surface area contributed by atoms with Crippen LogP contribution in [-0.4, -0.2) is 51.6 Å². The van der Waals surface area contributed by atoms with Crippen molar-refractivity contribution in [3.63, 3.8) is 0 Å². The molecule has 2 aliphatic rings. The van der Waals surface area contributed by atoms with Gasteiger partial charge < -0.3 is 26.0 Å². The van der Waals surface area contributed by atoms with Crippen molar-refractivity contribution in [3.8, 4) is 0 Å². The van der Waals surface area contributed by atoms with Crippen LogP contribution in [0.3, 0.4) is 0 Å². The normalized spacial score (nSPS) is 29.9. The van der Waals surface area contributed by atoms with E-state index in [9.17, 15) is 20.1 Å². The number of benzene rings is 1. The predicted molar refractivity (Wildman–Crippen MR) is 147 cm³/mol. The van der Waals surface area contributed by atoms with E-state index in [4.69, 9.17) is 4.98 Å². The molecule has 2 aliphatic carbocycles. The van der Waals surface area contributed by atoms with Crippen LogP contribution in [0.4, 0.5) is 5.13 Å². The molecular formula is C29H43N3O4S. The molecule has 0 bridgehead atoms. The predicted octanol–water partition coefficient (Wildman–Crippen LogP) is 4.08. The Labute approximate surface area is 224 Å². The summed E-state index contributed by atoms with van der Waals surface area (Å²) in [5.41, 5.74) is 1.20. The molecule has 8 heteroatoms. The Morgan fingerprint density at radius 1 is 1.22 bits per heavy atom. The number of rotatable bonds is 10. The van der Waals surface area contributed by atoms with Crippen LogP contribution in [-0.2, 0) is 17.8 Å². The smallest absolute Gasteiger partial charge is 0.220 e. The van der Waals surface area contributed by atoms with Crippen molar-refractivity contribution in [2.45, 2.75) is 84.4 Å². The van der Waals surface area contributed by atoms with E-state index in [-0.39, 0.29) is 48.8 Å². The van der Waals surface area contributed by atoms with E-state index < -0.39 is 11.5 Å². The lowest BCUT2D eigenvalue weighted by molar-refractivity contribution is -0.144. The zero-order valence-corrected chi connectivity index (χ0v) is 23.4. The van der Waals surface area contributed by atoms with Crippen LogP contribution in [0.2, 0.25) is 0 Å². The number of hydrogen-bond donors (Lipinski definition) is 5. The largest absolute Gasteiger partial charge is 0.396 e. The molecule has 5 N–H and O–H groups in total. The fraction of sp³-hybridized carbons (Fsp3) is 0.655. The summed E-state index contributed by atoms with van der Waals surface area (Å²) in [6.07, 6.45) is 2.50. The zero-order valence-electron chi connectivity index (χ0n) is 22.5. The van der Waals surface area contributed by atoms with Gasteiger partial charge in [0, 0.05) is 29.2 Å². The molecular weight excluding hydrogens is 486 g/mol. The van der Waals surface area contributed by atoms with E-state index in [1.165, 1.54) is 5.56 Å². The highest BCUT2D eigenvalue weighted by Gasteiger charge is 2.59. The quantitative estimate of drug-likeness (QED) is 0.317. The molecule has 1 heterocycles. The summed E-state index contributed by atoms with van der Waals surface area (Å²) in [5.74, 6) is 0.163. The summed E-state index contributed by atoms with van der Waals surface area (Å²) in [4.78, 5) is 19.5. The number of carbonyl (C=O) groups is 1. The molecule has 1 fully saturated rings.